The number of pyridine rings is 1. The summed E-state index contributed by atoms with van der Waals surface area (Å²) in [6.07, 6.45) is 1.48. The number of amides is 1. The molecule has 0 aliphatic carbocycles. The number of nitrogens with one attached hydrogen (secondary N) is 1. The number of nitrogens with zero attached hydrogens (tertiary/aromatic N) is 2. The highest BCUT2D eigenvalue weighted by atomic mass is 35.5. The van der Waals surface area contributed by atoms with Crippen LogP contribution < -0.4 is 5.32 Å². The summed E-state index contributed by atoms with van der Waals surface area (Å²) in [5.74, 6) is -0.0151. The van der Waals surface area contributed by atoms with Crippen molar-refractivity contribution in [2.24, 2.45) is 0 Å². The molecule has 0 bridgehead atoms. The lowest BCUT2D eigenvalue weighted by atomic mass is 10.0. The third kappa shape index (κ3) is 3.96. The Morgan fingerprint density at radius 2 is 1.90 bits per heavy atom. The van der Waals surface area contributed by atoms with E-state index in [4.69, 9.17) is 11.6 Å². The normalized spacial score (nSPS) is 17.0. The van der Waals surface area contributed by atoms with Crippen molar-refractivity contribution in [2.75, 3.05) is 29.9 Å². The minimum Gasteiger partial charge on any atom is -0.337 e. The fourth-order valence-corrected chi connectivity index (χ4v) is 4.98. The summed E-state index contributed by atoms with van der Waals surface area (Å²) in [7, 11) is -2.60. The van der Waals surface area contributed by atoms with Gasteiger partial charge in [-0.3, -0.25) is 13.9 Å². The molecule has 1 aromatic heterocycles. The summed E-state index contributed by atoms with van der Waals surface area (Å²) in [5, 5.41) is 4.39. The number of aryl methyl sites for hydroxylation is 1. The van der Waals surface area contributed by atoms with E-state index in [1.807, 2.05) is 25.1 Å². The SMILES string of the molecule is Cc1cccc2c(Nc3cccc(Cl)c3F)ncc(C(=O)N3CCS(O)(O)CC3)c12. The van der Waals surface area contributed by atoms with Gasteiger partial charge in [0.05, 0.1) is 27.8 Å². The zero-order chi connectivity index (χ0) is 21.5. The van der Waals surface area contributed by atoms with Crippen LogP contribution in [0.1, 0.15) is 15.9 Å². The minimum atomic E-state index is -2.60. The van der Waals surface area contributed by atoms with Crippen molar-refractivity contribution in [1.82, 2.24) is 9.88 Å². The maximum Gasteiger partial charge on any atom is 0.256 e. The van der Waals surface area contributed by atoms with Crippen LogP contribution in [0.5, 0.6) is 0 Å². The average Bonchev–Trinajstić information content (AvgIpc) is 2.71. The molecule has 0 spiro atoms. The van der Waals surface area contributed by atoms with Crippen molar-refractivity contribution in [2.45, 2.75) is 6.92 Å². The van der Waals surface area contributed by atoms with Crippen molar-refractivity contribution in [3.8, 4) is 0 Å². The van der Waals surface area contributed by atoms with E-state index in [1.165, 1.54) is 12.3 Å². The molecule has 0 saturated carbocycles. The predicted molar refractivity (Wildman–Crippen MR) is 120 cm³/mol. The van der Waals surface area contributed by atoms with Gasteiger partial charge in [0.2, 0.25) is 0 Å². The van der Waals surface area contributed by atoms with Gasteiger partial charge in [0, 0.05) is 30.1 Å². The predicted octanol–water partition coefficient (Wildman–Crippen LogP) is 5.29. The van der Waals surface area contributed by atoms with Crippen LogP contribution in [0.2, 0.25) is 5.02 Å². The summed E-state index contributed by atoms with van der Waals surface area (Å²) in [5.41, 5.74) is 1.51. The Hall–Kier alpha value is -2.39. The second-order valence-electron chi connectivity index (χ2n) is 7.25. The Bertz CT molecular complexity index is 1130. The molecule has 0 unspecified atom stereocenters. The number of hydrogen-bond donors (Lipinski definition) is 3. The zero-order valence-corrected chi connectivity index (χ0v) is 17.8. The molecule has 1 aliphatic rings. The first-order valence-corrected chi connectivity index (χ1v) is 11.7. The second kappa shape index (κ2) is 8.03. The van der Waals surface area contributed by atoms with Crippen LogP contribution in [-0.4, -0.2) is 49.5 Å². The minimum absolute atomic E-state index is 0.00311. The number of carbonyl (C=O) groups excluding carboxylic acids is 1. The third-order valence-electron chi connectivity index (χ3n) is 5.22. The topological polar surface area (TPSA) is 85.7 Å². The van der Waals surface area contributed by atoms with Crippen molar-refractivity contribution in [3.63, 3.8) is 0 Å². The number of hydrogen-bond acceptors (Lipinski definition) is 5. The fraction of sp³-hybridized carbons (Fsp3) is 0.238. The molecule has 30 heavy (non-hydrogen) atoms. The summed E-state index contributed by atoms with van der Waals surface area (Å²) < 4.78 is 34.0. The van der Waals surface area contributed by atoms with Crippen LogP contribution in [0.25, 0.3) is 10.8 Å². The number of fused-ring (bicyclic) bond motifs is 1. The van der Waals surface area contributed by atoms with E-state index in [2.05, 4.69) is 10.3 Å². The Kier molecular flexibility index (Phi) is 5.59. The highest BCUT2D eigenvalue weighted by Gasteiger charge is 2.28. The Balaban J connectivity index is 1.74. The van der Waals surface area contributed by atoms with Crippen LogP contribution in [0.15, 0.2) is 42.6 Å². The smallest absolute Gasteiger partial charge is 0.256 e. The number of carbonyl (C=O) groups is 1. The van der Waals surface area contributed by atoms with Crippen molar-refractivity contribution in [1.29, 1.82) is 0 Å². The molecule has 6 nitrogen and oxygen atoms in total. The second-order valence-corrected chi connectivity index (χ2v) is 10.1. The van der Waals surface area contributed by atoms with Gasteiger partial charge in [-0.2, -0.15) is 10.6 Å². The number of rotatable bonds is 3. The summed E-state index contributed by atoms with van der Waals surface area (Å²) in [6, 6.07) is 10.2. The lowest BCUT2D eigenvalue weighted by Crippen LogP contribution is -2.42. The van der Waals surface area contributed by atoms with Crippen LogP contribution in [0, 0.1) is 12.7 Å². The lowest BCUT2D eigenvalue weighted by Gasteiger charge is -2.41. The van der Waals surface area contributed by atoms with E-state index in [-0.39, 0.29) is 41.2 Å². The molecule has 1 fully saturated rings. The van der Waals surface area contributed by atoms with E-state index in [0.717, 1.165) is 10.9 Å². The Morgan fingerprint density at radius 3 is 2.63 bits per heavy atom. The molecule has 4 rings (SSSR count). The molecular weight excluding hydrogens is 429 g/mol. The molecule has 2 heterocycles. The number of aromatic nitrogens is 1. The largest absolute Gasteiger partial charge is 0.337 e. The maximum atomic E-state index is 14.4. The number of halogens is 2. The molecule has 2 aromatic carbocycles. The van der Waals surface area contributed by atoms with Gasteiger partial charge in [0.15, 0.2) is 5.82 Å². The van der Waals surface area contributed by atoms with Gasteiger partial charge < -0.3 is 10.2 Å². The van der Waals surface area contributed by atoms with E-state index in [1.54, 1.807) is 17.0 Å². The van der Waals surface area contributed by atoms with E-state index >= 15 is 0 Å². The zero-order valence-electron chi connectivity index (χ0n) is 16.2. The van der Waals surface area contributed by atoms with Gasteiger partial charge in [-0.1, -0.05) is 35.9 Å². The molecule has 1 amide bonds. The maximum absolute atomic E-state index is 14.4. The van der Waals surface area contributed by atoms with Crippen LogP contribution in [0.4, 0.5) is 15.9 Å². The van der Waals surface area contributed by atoms with E-state index in [9.17, 15) is 18.3 Å². The van der Waals surface area contributed by atoms with Gasteiger partial charge in [-0.05, 0) is 24.6 Å². The molecule has 9 heteroatoms. The molecule has 0 radical (unpaired) electrons. The first-order valence-electron chi connectivity index (χ1n) is 9.39. The summed E-state index contributed by atoms with van der Waals surface area (Å²) >= 11 is 5.88. The quantitative estimate of drug-likeness (QED) is 0.506. The highest BCUT2D eigenvalue weighted by molar-refractivity contribution is 8.24. The van der Waals surface area contributed by atoms with Gasteiger partial charge >= 0.3 is 0 Å². The van der Waals surface area contributed by atoms with E-state index < -0.39 is 16.4 Å². The standard InChI is InChI=1S/C21H21ClFN3O3S/c1-13-4-2-5-14-18(13)15(21(27)26-8-10-30(28,29)11-9-26)12-24-20(14)25-17-7-3-6-16(22)19(17)23/h2-7,12,28-29H,8-11H2,1H3,(H,24,25). The molecule has 158 valence electrons. The monoisotopic (exact) mass is 449 g/mol. The van der Waals surface area contributed by atoms with Crippen molar-refractivity contribution >= 4 is 50.4 Å². The van der Waals surface area contributed by atoms with Gasteiger partial charge in [-0.15, -0.1) is 0 Å². The van der Waals surface area contributed by atoms with Gasteiger partial charge in [-0.25, -0.2) is 9.37 Å². The lowest BCUT2D eigenvalue weighted by molar-refractivity contribution is 0.0769. The Labute approximate surface area is 180 Å². The van der Waals surface area contributed by atoms with Gasteiger partial charge in [0.25, 0.3) is 5.91 Å². The average molecular weight is 450 g/mol. The van der Waals surface area contributed by atoms with Crippen LogP contribution in [0.3, 0.4) is 0 Å². The third-order valence-corrected chi connectivity index (χ3v) is 7.18. The summed E-state index contributed by atoms with van der Waals surface area (Å²) in [4.78, 5) is 19.2. The number of benzene rings is 2. The fourth-order valence-electron chi connectivity index (χ4n) is 3.58. The molecular formula is C21H21ClFN3O3S. The van der Waals surface area contributed by atoms with Crippen molar-refractivity contribution < 1.29 is 18.3 Å². The van der Waals surface area contributed by atoms with Crippen LogP contribution >= 0.6 is 22.2 Å². The van der Waals surface area contributed by atoms with Crippen LogP contribution in [-0.2, 0) is 0 Å². The highest BCUT2D eigenvalue weighted by Crippen LogP contribution is 2.41. The number of anilines is 2. The molecule has 3 N–H and O–H groups in total. The summed E-state index contributed by atoms with van der Waals surface area (Å²) in [6.45, 7) is 2.46. The van der Waals surface area contributed by atoms with Gasteiger partial charge in [0.1, 0.15) is 5.82 Å². The first kappa shape index (κ1) is 20.9. The molecule has 1 saturated heterocycles. The molecule has 0 atom stereocenters. The van der Waals surface area contributed by atoms with Crippen molar-refractivity contribution in [3.05, 3.63) is 64.6 Å². The Morgan fingerprint density at radius 1 is 1.20 bits per heavy atom. The first-order chi connectivity index (χ1) is 14.3. The van der Waals surface area contributed by atoms with E-state index in [0.29, 0.717) is 16.8 Å². The molecule has 1 aliphatic heterocycles. The molecule has 3 aromatic rings.